The van der Waals surface area contributed by atoms with Crippen LogP contribution in [0.25, 0.3) is 10.9 Å². The summed E-state index contributed by atoms with van der Waals surface area (Å²) in [5.74, 6) is -5.48. The number of pyridine rings is 1. The normalized spacial score (nSPS) is 11.0. The molecule has 1 aromatic heterocycles. The molecule has 1 heterocycles. The van der Waals surface area contributed by atoms with Gasteiger partial charge in [0, 0.05) is 12.1 Å². The number of carbonyl (C=O) groups excluding carboxylic acids is 1. The van der Waals surface area contributed by atoms with E-state index in [9.17, 15) is 22.8 Å². The van der Waals surface area contributed by atoms with Gasteiger partial charge in [0.2, 0.25) is 0 Å². The fourth-order valence-corrected chi connectivity index (χ4v) is 2.86. The number of carbonyl (C=O) groups is 1. The number of amides is 1. The van der Waals surface area contributed by atoms with Crippen LogP contribution in [0.1, 0.15) is 27.0 Å². The van der Waals surface area contributed by atoms with Gasteiger partial charge in [0.25, 0.3) is 11.5 Å². The van der Waals surface area contributed by atoms with Gasteiger partial charge in [-0.1, -0.05) is 12.1 Å². The number of nitrogens with one attached hydrogen (secondary N) is 2. The summed E-state index contributed by atoms with van der Waals surface area (Å²) in [5, 5.41) is 3.28. The first-order valence-corrected chi connectivity index (χ1v) is 8.33. The first kappa shape index (κ1) is 18.7. The zero-order valence-electron chi connectivity index (χ0n) is 14.8. The Hall–Kier alpha value is -3.09. The Bertz CT molecular complexity index is 1110. The lowest BCUT2D eigenvalue weighted by atomic mass is 10.0. The zero-order chi connectivity index (χ0) is 19.7. The standard InChI is InChI=1S/C20H17F3N2O2/c1-10-3-4-12-9-13(19(26)25-18(12)11(10)2)7-8-24-20(27)14-5-6-15(21)17(23)16(14)22/h3-6,9H,7-8H2,1-2H3,(H,24,27)(H,25,26). The average Bonchev–Trinajstić information content (AvgIpc) is 2.64. The van der Waals surface area contributed by atoms with Crippen molar-refractivity contribution in [2.45, 2.75) is 20.3 Å². The second-order valence-electron chi connectivity index (χ2n) is 6.32. The Balaban J connectivity index is 1.75. The number of aromatic nitrogens is 1. The van der Waals surface area contributed by atoms with Gasteiger partial charge in [-0.25, -0.2) is 13.2 Å². The van der Waals surface area contributed by atoms with Gasteiger partial charge in [0.15, 0.2) is 17.5 Å². The van der Waals surface area contributed by atoms with E-state index in [1.54, 1.807) is 6.07 Å². The first-order chi connectivity index (χ1) is 12.8. The molecule has 0 saturated heterocycles. The van der Waals surface area contributed by atoms with E-state index in [0.717, 1.165) is 28.1 Å². The first-order valence-electron chi connectivity index (χ1n) is 8.33. The Morgan fingerprint density at radius 3 is 2.56 bits per heavy atom. The molecule has 0 bridgehead atoms. The third-order valence-corrected chi connectivity index (χ3v) is 4.59. The number of benzene rings is 2. The molecule has 0 atom stereocenters. The van der Waals surface area contributed by atoms with Gasteiger partial charge in [-0.15, -0.1) is 0 Å². The van der Waals surface area contributed by atoms with Gasteiger partial charge in [-0.3, -0.25) is 9.59 Å². The van der Waals surface area contributed by atoms with Crippen molar-refractivity contribution >= 4 is 16.8 Å². The minimum absolute atomic E-state index is 0.0384. The summed E-state index contributed by atoms with van der Waals surface area (Å²) in [5.41, 5.74) is 2.40. The number of rotatable bonds is 4. The number of aromatic amines is 1. The number of hydrogen-bond donors (Lipinski definition) is 2. The maximum Gasteiger partial charge on any atom is 0.254 e. The van der Waals surface area contributed by atoms with Gasteiger partial charge in [-0.05, 0) is 55.0 Å². The highest BCUT2D eigenvalue weighted by Crippen LogP contribution is 2.19. The van der Waals surface area contributed by atoms with Gasteiger partial charge in [0.05, 0.1) is 11.1 Å². The van der Waals surface area contributed by atoms with Crippen LogP contribution in [-0.2, 0) is 6.42 Å². The number of halogens is 3. The molecule has 7 heteroatoms. The highest BCUT2D eigenvalue weighted by molar-refractivity contribution is 5.94. The number of hydrogen-bond acceptors (Lipinski definition) is 2. The van der Waals surface area contributed by atoms with Crippen molar-refractivity contribution in [1.29, 1.82) is 0 Å². The van der Waals surface area contributed by atoms with Crippen molar-refractivity contribution < 1.29 is 18.0 Å². The van der Waals surface area contributed by atoms with E-state index in [1.807, 2.05) is 26.0 Å². The monoisotopic (exact) mass is 374 g/mol. The largest absolute Gasteiger partial charge is 0.352 e. The molecular formula is C20H17F3N2O2. The van der Waals surface area contributed by atoms with Crippen LogP contribution < -0.4 is 10.9 Å². The van der Waals surface area contributed by atoms with Crippen LogP contribution in [-0.4, -0.2) is 17.4 Å². The van der Waals surface area contributed by atoms with Gasteiger partial charge in [0.1, 0.15) is 0 Å². The predicted octanol–water partition coefficient (Wildman–Crippen LogP) is 3.53. The van der Waals surface area contributed by atoms with E-state index in [1.165, 1.54) is 0 Å². The van der Waals surface area contributed by atoms with E-state index in [0.29, 0.717) is 11.6 Å². The van der Waals surface area contributed by atoms with Crippen molar-refractivity contribution in [1.82, 2.24) is 10.3 Å². The smallest absolute Gasteiger partial charge is 0.254 e. The molecule has 140 valence electrons. The summed E-state index contributed by atoms with van der Waals surface area (Å²) in [7, 11) is 0. The fourth-order valence-electron chi connectivity index (χ4n) is 2.86. The minimum atomic E-state index is -1.70. The molecule has 4 nitrogen and oxygen atoms in total. The summed E-state index contributed by atoms with van der Waals surface area (Å²) in [6, 6.07) is 7.15. The second-order valence-corrected chi connectivity index (χ2v) is 6.32. The van der Waals surface area contributed by atoms with E-state index in [2.05, 4.69) is 10.3 Å². The van der Waals surface area contributed by atoms with E-state index < -0.39 is 28.9 Å². The molecule has 0 aliphatic carbocycles. The average molecular weight is 374 g/mol. The van der Waals surface area contributed by atoms with Gasteiger partial charge < -0.3 is 10.3 Å². The molecular weight excluding hydrogens is 357 g/mol. The lowest BCUT2D eigenvalue weighted by Crippen LogP contribution is -2.28. The van der Waals surface area contributed by atoms with Crippen LogP contribution in [0.15, 0.2) is 35.1 Å². The van der Waals surface area contributed by atoms with Crippen molar-refractivity contribution in [2.24, 2.45) is 0 Å². The zero-order valence-corrected chi connectivity index (χ0v) is 14.8. The van der Waals surface area contributed by atoms with Crippen molar-refractivity contribution in [3.63, 3.8) is 0 Å². The third kappa shape index (κ3) is 3.58. The third-order valence-electron chi connectivity index (χ3n) is 4.59. The lowest BCUT2D eigenvalue weighted by Gasteiger charge is -2.09. The van der Waals surface area contributed by atoms with Crippen molar-refractivity contribution in [3.05, 3.63) is 80.4 Å². The molecule has 1 amide bonds. The summed E-state index contributed by atoms with van der Waals surface area (Å²) in [6.45, 7) is 3.91. The Kier molecular flexibility index (Phi) is 5.03. The summed E-state index contributed by atoms with van der Waals surface area (Å²) in [4.78, 5) is 27.1. The molecule has 0 fully saturated rings. The molecule has 0 aliphatic heterocycles. The topological polar surface area (TPSA) is 62.0 Å². The Morgan fingerprint density at radius 1 is 1.07 bits per heavy atom. The molecule has 0 aliphatic rings. The maximum absolute atomic E-state index is 13.6. The predicted molar refractivity (Wildman–Crippen MR) is 96.4 cm³/mol. The van der Waals surface area contributed by atoms with Crippen LogP contribution in [0, 0.1) is 31.3 Å². The summed E-state index contributed by atoms with van der Waals surface area (Å²) in [6.07, 6.45) is 0.204. The lowest BCUT2D eigenvalue weighted by molar-refractivity contribution is 0.0949. The van der Waals surface area contributed by atoms with Gasteiger partial charge in [-0.2, -0.15) is 0 Å². The quantitative estimate of drug-likeness (QED) is 0.687. The Morgan fingerprint density at radius 2 is 1.81 bits per heavy atom. The number of H-pyrrole nitrogens is 1. The van der Waals surface area contributed by atoms with Crippen LogP contribution in [0.2, 0.25) is 0 Å². The molecule has 2 N–H and O–H groups in total. The number of aryl methyl sites for hydroxylation is 2. The van der Waals surface area contributed by atoms with Crippen LogP contribution in [0.4, 0.5) is 13.2 Å². The van der Waals surface area contributed by atoms with Crippen LogP contribution in [0.3, 0.4) is 0 Å². The molecule has 0 unspecified atom stereocenters. The SMILES string of the molecule is Cc1ccc2cc(CCNC(=O)c3ccc(F)c(F)c3F)c(=O)[nH]c2c1C. The fraction of sp³-hybridized carbons (Fsp3) is 0.200. The van der Waals surface area contributed by atoms with E-state index >= 15 is 0 Å². The van der Waals surface area contributed by atoms with Crippen LogP contribution >= 0.6 is 0 Å². The second kappa shape index (κ2) is 7.26. The van der Waals surface area contributed by atoms with Gasteiger partial charge >= 0.3 is 0 Å². The Labute approximate surface area is 153 Å². The minimum Gasteiger partial charge on any atom is -0.352 e. The summed E-state index contributed by atoms with van der Waals surface area (Å²) < 4.78 is 39.8. The van der Waals surface area contributed by atoms with E-state index in [4.69, 9.17) is 0 Å². The molecule has 2 aromatic carbocycles. The molecule has 0 radical (unpaired) electrons. The van der Waals surface area contributed by atoms with Crippen molar-refractivity contribution in [3.8, 4) is 0 Å². The van der Waals surface area contributed by atoms with E-state index in [-0.39, 0.29) is 18.5 Å². The molecule has 0 spiro atoms. The molecule has 27 heavy (non-hydrogen) atoms. The highest BCUT2D eigenvalue weighted by Gasteiger charge is 2.18. The molecule has 0 saturated carbocycles. The highest BCUT2D eigenvalue weighted by atomic mass is 19.2. The molecule has 3 rings (SSSR count). The van der Waals surface area contributed by atoms with Crippen molar-refractivity contribution in [2.75, 3.05) is 6.54 Å². The maximum atomic E-state index is 13.6. The molecule has 3 aromatic rings. The number of fused-ring (bicyclic) bond motifs is 1. The summed E-state index contributed by atoms with van der Waals surface area (Å²) >= 11 is 0. The van der Waals surface area contributed by atoms with Crippen LogP contribution in [0.5, 0.6) is 0 Å².